The molecule has 7 heteroatoms. The number of piperazine rings is 1. The number of anilines is 1. The molecule has 2 aliphatic carbocycles. The maximum absolute atomic E-state index is 12.5. The first-order valence-electron chi connectivity index (χ1n) is 14.8. The fraction of sp³-hybridized carbons (Fsp3) is 0.613. The Morgan fingerprint density at radius 1 is 1.18 bits per heavy atom. The van der Waals surface area contributed by atoms with Gasteiger partial charge in [0.25, 0.3) is 0 Å². The van der Waals surface area contributed by atoms with Crippen molar-refractivity contribution in [1.82, 2.24) is 19.4 Å². The Morgan fingerprint density at radius 3 is 2.68 bits per heavy atom. The second-order valence-electron chi connectivity index (χ2n) is 11.9. The highest BCUT2D eigenvalue weighted by molar-refractivity contribution is 5.83. The Kier molecular flexibility index (Phi) is 7.08. The monoisotopic (exact) mass is 517 g/mol. The number of aromatic nitrogens is 2. The average Bonchev–Trinajstić information content (AvgIpc) is 3.71. The number of hydrogen-bond donors (Lipinski definition) is 0. The van der Waals surface area contributed by atoms with Crippen molar-refractivity contribution in [3.63, 3.8) is 0 Å². The van der Waals surface area contributed by atoms with Crippen molar-refractivity contribution < 1.29 is 9.53 Å². The fourth-order valence-corrected chi connectivity index (χ4v) is 6.75. The van der Waals surface area contributed by atoms with Crippen LogP contribution in [0.5, 0.6) is 0 Å². The molecule has 1 saturated carbocycles. The van der Waals surface area contributed by atoms with E-state index >= 15 is 0 Å². The third-order valence-corrected chi connectivity index (χ3v) is 9.13. The van der Waals surface area contributed by atoms with Gasteiger partial charge in [-0.1, -0.05) is 18.2 Å². The molecule has 7 nitrogen and oxygen atoms in total. The van der Waals surface area contributed by atoms with Gasteiger partial charge in [0.2, 0.25) is 5.91 Å². The summed E-state index contributed by atoms with van der Waals surface area (Å²) in [5.74, 6) is 1.06. The van der Waals surface area contributed by atoms with E-state index in [-0.39, 0.29) is 5.60 Å². The Bertz CT molecular complexity index is 1220. The summed E-state index contributed by atoms with van der Waals surface area (Å²) in [4.78, 5) is 19.5. The van der Waals surface area contributed by atoms with Gasteiger partial charge in [-0.2, -0.15) is 5.10 Å². The number of fused-ring (bicyclic) bond motifs is 1. The lowest BCUT2D eigenvalue weighted by atomic mass is 9.75. The summed E-state index contributed by atoms with van der Waals surface area (Å²) in [5.41, 5.74) is 4.71. The smallest absolute Gasteiger partial charge is 0.225 e. The van der Waals surface area contributed by atoms with Crippen LogP contribution in [0.4, 0.5) is 5.69 Å². The summed E-state index contributed by atoms with van der Waals surface area (Å²) >= 11 is 0. The zero-order valence-electron chi connectivity index (χ0n) is 23.3. The van der Waals surface area contributed by atoms with E-state index in [1.54, 1.807) is 0 Å². The van der Waals surface area contributed by atoms with E-state index in [1.807, 2.05) is 10.7 Å². The number of carbonyl (C=O) groups excluding carboxylic acids is 1. The Hall–Kier alpha value is -2.64. The van der Waals surface area contributed by atoms with Gasteiger partial charge in [-0.15, -0.1) is 0 Å². The van der Waals surface area contributed by atoms with Crippen molar-refractivity contribution in [1.29, 1.82) is 0 Å². The van der Waals surface area contributed by atoms with Gasteiger partial charge in [0.1, 0.15) is 0 Å². The molecule has 6 rings (SSSR count). The van der Waals surface area contributed by atoms with E-state index in [9.17, 15) is 4.79 Å². The highest BCUT2D eigenvalue weighted by atomic mass is 16.5. The Balaban J connectivity index is 1.17. The molecule has 0 aromatic carbocycles. The highest BCUT2D eigenvalue weighted by Crippen LogP contribution is 2.40. The molecule has 2 aromatic rings. The summed E-state index contributed by atoms with van der Waals surface area (Å²) in [6, 6.07) is 4.94. The summed E-state index contributed by atoms with van der Waals surface area (Å²) < 4.78 is 8.55. The van der Waals surface area contributed by atoms with Crippen molar-refractivity contribution in [3.05, 3.63) is 48.3 Å². The van der Waals surface area contributed by atoms with Crippen LogP contribution in [0.1, 0.15) is 58.4 Å². The van der Waals surface area contributed by atoms with Gasteiger partial charge >= 0.3 is 0 Å². The number of piperidine rings is 1. The van der Waals surface area contributed by atoms with Gasteiger partial charge in [0, 0.05) is 75.2 Å². The average molecular weight is 518 g/mol. The topological polar surface area (TPSA) is 53.3 Å². The first-order valence-corrected chi connectivity index (χ1v) is 14.8. The highest BCUT2D eigenvalue weighted by Gasteiger charge is 2.42. The van der Waals surface area contributed by atoms with Crippen molar-refractivity contribution >= 4 is 22.7 Å². The van der Waals surface area contributed by atoms with Crippen molar-refractivity contribution in [2.75, 3.05) is 50.8 Å². The summed E-state index contributed by atoms with van der Waals surface area (Å²) in [7, 11) is 0. The molecular weight excluding hydrogens is 474 g/mol. The zero-order chi connectivity index (χ0) is 26.3. The number of hydrogen-bond acceptors (Lipinski definition) is 5. The van der Waals surface area contributed by atoms with Gasteiger partial charge in [-0.3, -0.25) is 9.69 Å². The zero-order valence-corrected chi connectivity index (χ0v) is 23.3. The van der Waals surface area contributed by atoms with E-state index in [0.717, 1.165) is 70.5 Å². The van der Waals surface area contributed by atoms with E-state index in [0.29, 0.717) is 23.8 Å². The summed E-state index contributed by atoms with van der Waals surface area (Å²) in [5, 5.41) is 4.62. The SMILES string of the molecule is CCO[C@@]1(C2C=CC(c3cc4c(N5CCN(C(=O)C6CC6)CC5)ccnn4c3)=CC2)CCCN(C(C)C)C1. The Morgan fingerprint density at radius 2 is 2.00 bits per heavy atom. The minimum Gasteiger partial charge on any atom is -0.373 e. The molecule has 2 saturated heterocycles. The maximum atomic E-state index is 12.5. The molecule has 2 atom stereocenters. The lowest BCUT2D eigenvalue weighted by Gasteiger charge is -2.48. The second-order valence-corrected chi connectivity index (χ2v) is 11.9. The molecular formula is C31H43N5O2. The largest absolute Gasteiger partial charge is 0.373 e. The molecule has 0 bridgehead atoms. The molecule has 4 heterocycles. The standard InChI is InChI=1S/C31H43N5O2/c1-4-38-31(13-5-15-35(22-31)23(2)3)27-10-8-24(9-11-27)26-20-29-28(12-14-32-36(29)21-26)33-16-18-34(19-17-33)30(37)25-6-7-25/h8-10,12,14,20-21,23,25,27H,4-7,11,13,15-19,22H2,1-3H3/t27?,31-/m0/s1. The van der Waals surface area contributed by atoms with Crippen LogP contribution in [0.25, 0.3) is 11.1 Å². The number of amides is 1. The number of carbonyl (C=O) groups is 1. The van der Waals surface area contributed by atoms with E-state index in [2.05, 4.69) is 77.1 Å². The Labute approximate surface area is 227 Å². The molecule has 0 spiro atoms. The fourth-order valence-electron chi connectivity index (χ4n) is 6.75. The minimum atomic E-state index is -0.0982. The molecule has 1 amide bonds. The van der Waals surface area contributed by atoms with Crippen molar-refractivity contribution in [2.45, 2.75) is 64.5 Å². The molecule has 38 heavy (non-hydrogen) atoms. The lowest BCUT2D eigenvalue weighted by Crippen LogP contribution is -2.55. The number of ether oxygens (including phenoxy) is 1. The van der Waals surface area contributed by atoms with Crippen LogP contribution >= 0.6 is 0 Å². The number of allylic oxidation sites excluding steroid dienone is 3. The third kappa shape index (κ3) is 4.91. The molecule has 0 radical (unpaired) electrons. The van der Waals surface area contributed by atoms with E-state index < -0.39 is 0 Å². The van der Waals surface area contributed by atoms with Gasteiger partial charge in [-0.25, -0.2) is 4.52 Å². The molecule has 0 N–H and O–H groups in total. The second kappa shape index (κ2) is 10.5. The predicted octanol–water partition coefficient (Wildman–Crippen LogP) is 4.63. The van der Waals surface area contributed by atoms with Crippen LogP contribution in [0, 0.1) is 11.8 Å². The van der Waals surface area contributed by atoms with Crippen LogP contribution in [0.3, 0.4) is 0 Å². The molecule has 4 aliphatic rings. The molecule has 3 fully saturated rings. The summed E-state index contributed by atoms with van der Waals surface area (Å²) in [6.07, 6.45) is 16.6. The minimum absolute atomic E-state index is 0.0982. The third-order valence-electron chi connectivity index (χ3n) is 9.13. The summed E-state index contributed by atoms with van der Waals surface area (Å²) in [6.45, 7) is 13.0. The van der Waals surface area contributed by atoms with Crippen LogP contribution in [-0.2, 0) is 9.53 Å². The molecule has 2 aliphatic heterocycles. The first kappa shape index (κ1) is 25.6. The maximum Gasteiger partial charge on any atom is 0.225 e. The predicted molar refractivity (Wildman–Crippen MR) is 152 cm³/mol. The number of likely N-dealkylation sites (tertiary alicyclic amines) is 1. The van der Waals surface area contributed by atoms with Gasteiger partial charge < -0.3 is 14.5 Å². The van der Waals surface area contributed by atoms with Crippen molar-refractivity contribution in [2.24, 2.45) is 11.8 Å². The molecule has 204 valence electrons. The van der Waals surface area contributed by atoms with Gasteiger partial charge in [0.05, 0.1) is 16.8 Å². The van der Waals surface area contributed by atoms with Gasteiger partial charge in [-0.05, 0) is 77.1 Å². The van der Waals surface area contributed by atoms with Crippen LogP contribution in [0.2, 0.25) is 0 Å². The normalized spacial score (nSPS) is 26.8. The van der Waals surface area contributed by atoms with Gasteiger partial charge in [0.15, 0.2) is 0 Å². The number of rotatable bonds is 7. The lowest BCUT2D eigenvalue weighted by molar-refractivity contribution is -0.132. The van der Waals surface area contributed by atoms with E-state index in [1.165, 1.54) is 29.8 Å². The van der Waals surface area contributed by atoms with Crippen LogP contribution in [-0.4, -0.2) is 82.8 Å². The van der Waals surface area contributed by atoms with Crippen molar-refractivity contribution in [3.8, 4) is 0 Å². The van der Waals surface area contributed by atoms with Crippen LogP contribution < -0.4 is 4.90 Å². The quantitative estimate of drug-likeness (QED) is 0.536. The van der Waals surface area contributed by atoms with Crippen LogP contribution in [0.15, 0.2) is 42.8 Å². The molecule has 1 unspecified atom stereocenters. The van der Waals surface area contributed by atoms with E-state index in [4.69, 9.17) is 4.74 Å². The number of nitrogens with zero attached hydrogens (tertiary/aromatic N) is 5. The first-order chi connectivity index (χ1) is 18.5. The molecule has 2 aromatic heterocycles.